The highest BCUT2D eigenvalue weighted by atomic mass is 19.1. The zero-order valence-corrected chi connectivity index (χ0v) is 11.2. The van der Waals surface area contributed by atoms with Gasteiger partial charge in [-0.2, -0.15) is 0 Å². The molecule has 20 heavy (non-hydrogen) atoms. The van der Waals surface area contributed by atoms with Crippen molar-refractivity contribution in [3.05, 3.63) is 66.0 Å². The normalized spacial score (nSPS) is 11.9. The molecule has 1 N–H and O–H groups in total. The maximum atomic E-state index is 13.0. The molecule has 0 saturated heterocycles. The van der Waals surface area contributed by atoms with Gasteiger partial charge in [0.1, 0.15) is 5.82 Å². The Bertz CT molecular complexity index is 569. The first-order valence-electron chi connectivity index (χ1n) is 6.33. The minimum atomic E-state index is -0.868. The summed E-state index contributed by atoms with van der Waals surface area (Å²) in [5.41, 5.74) is 1.70. The van der Waals surface area contributed by atoms with Gasteiger partial charge < -0.3 is 10.0 Å². The van der Waals surface area contributed by atoms with Gasteiger partial charge in [0.15, 0.2) is 0 Å². The van der Waals surface area contributed by atoms with Gasteiger partial charge in [-0.15, -0.1) is 0 Å². The van der Waals surface area contributed by atoms with Crippen LogP contribution in [0.1, 0.15) is 18.0 Å². The van der Waals surface area contributed by atoms with E-state index in [1.54, 1.807) is 12.1 Å². The van der Waals surface area contributed by atoms with E-state index in [1.165, 1.54) is 12.1 Å². The van der Waals surface area contributed by atoms with Crippen molar-refractivity contribution in [2.75, 3.05) is 11.9 Å². The first kappa shape index (κ1) is 14.1. The molecule has 0 heterocycles. The van der Waals surface area contributed by atoms with E-state index in [1.807, 2.05) is 42.3 Å². The smallest absolute Gasteiger partial charge is 0.305 e. The first-order chi connectivity index (χ1) is 9.58. The largest absolute Gasteiger partial charge is 0.481 e. The van der Waals surface area contributed by atoms with Gasteiger partial charge in [0, 0.05) is 12.7 Å². The molecular formula is C16H16FNO2. The third-order valence-corrected chi connectivity index (χ3v) is 3.25. The molecule has 0 aliphatic heterocycles. The molecule has 104 valence electrons. The van der Waals surface area contributed by atoms with Crippen LogP contribution in [0.15, 0.2) is 54.6 Å². The highest BCUT2D eigenvalue weighted by molar-refractivity contribution is 5.69. The molecule has 0 aliphatic carbocycles. The zero-order chi connectivity index (χ0) is 14.5. The van der Waals surface area contributed by atoms with Crippen LogP contribution in [0.5, 0.6) is 0 Å². The molecule has 3 nitrogen and oxygen atoms in total. The van der Waals surface area contributed by atoms with Crippen molar-refractivity contribution < 1.29 is 14.3 Å². The van der Waals surface area contributed by atoms with Crippen LogP contribution in [0.25, 0.3) is 0 Å². The van der Waals surface area contributed by atoms with Crippen molar-refractivity contribution >= 4 is 11.7 Å². The summed E-state index contributed by atoms with van der Waals surface area (Å²) < 4.78 is 13.0. The molecule has 0 spiro atoms. The van der Waals surface area contributed by atoms with E-state index >= 15 is 0 Å². The Balaban J connectivity index is 2.31. The molecule has 1 unspecified atom stereocenters. The average molecular weight is 273 g/mol. The lowest BCUT2D eigenvalue weighted by Gasteiger charge is -2.29. The Morgan fingerprint density at radius 2 is 1.75 bits per heavy atom. The Labute approximate surface area is 117 Å². The number of carboxylic acids is 1. The summed E-state index contributed by atoms with van der Waals surface area (Å²) in [6.45, 7) is 0. The summed E-state index contributed by atoms with van der Waals surface area (Å²) in [7, 11) is 1.81. The summed E-state index contributed by atoms with van der Waals surface area (Å²) in [4.78, 5) is 12.9. The molecule has 0 saturated carbocycles. The van der Waals surface area contributed by atoms with Crippen molar-refractivity contribution in [2.24, 2.45) is 0 Å². The second-order valence-corrected chi connectivity index (χ2v) is 4.61. The predicted octanol–water partition coefficient (Wildman–Crippen LogP) is 3.48. The van der Waals surface area contributed by atoms with Gasteiger partial charge >= 0.3 is 5.97 Å². The molecule has 0 amide bonds. The third kappa shape index (κ3) is 3.35. The van der Waals surface area contributed by atoms with Gasteiger partial charge in [-0.1, -0.05) is 30.3 Å². The van der Waals surface area contributed by atoms with E-state index in [-0.39, 0.29) is 18.3 Å². The van der Waals surface area contributed by atoms with Gasteiger partial charge in [0.25, 0.3) is 0 Å². The molecule has 4 heteroatoms. The molecule has 0 fully saturated rings. The molecule has 2 rings (SSSR count). The Morgan fingerprint density at radius 3 is 2.30 bits per heavy atom. The van der Waals surface area contributed by atoms with Crippen molar-refractivity contribution in [3.8, 4) is 0 Å². The van der Waals surface area contributed by atoms with Crippen LogP contribution < -0.4 is 4.90 Å². The number of carboxylic acid groups (broad SMARTS) is 1. The Kier molecular flexibility index (Phi) is 4.35. The SMILES string of the molecule is CN(c1ccc(F)cc1)C(CC(=O)O)c1ccccc1. The van der Waals surface area contributed by atoms with Crippen LogP contribution in [-0.2, 0) is 4.79 Å². The summed E-state index contributed by atoms with van der Waals surface area (Å²) >= 11 is 0. The van der Waals surface area contributed by atoms with Crippen molar-refractivity contribution in [2.45, 2.75) is 12.5 Å². The van der Waals surface area contributed by atoms with E-state index in [4.69, 9.17) is 5.11 Å². The number of halogens is 1. The minimum absolute atomic E-state index is 0.0160. The number of rotatable bonds is 5. The van der Waals surface area contributed by atoms with Crippen molar-refractivity contribution in [3.63, 3.8) is 0 Å². The maximum absolute atomic E-state index is 13.0. The Morgan fingerprint density at radius 1 is 1.15 bits per heavy atom. The molecule has 2 aromatic carbocycles. The fraction of sp³-hybridized carbons (Fsp3) is 0.188. The second-order valence-electron chi connectivity index (χ2n) is 4.61. The highest BCUT2D eigenvalue weighted by Crippen LogP contribution is 2.28. The topological polar surface area (TPSA) is 40.5 Å². The molecular weight excluding hydrogens is 257 g/mol. The van der Waals surface area contributed by atoms with E-state index < -0.39 is 5.97 Å². The zero-order valence-electron chi connectivity index (χ0n) is 11.2. The number of anilines is 1. The van der Waals surface area contributed by atoms with Crippen LogP contribution >= 0.6 is 0 Å². The number of hydrogen-bond acceptors (Lipinski definition) is 2. The number of nitrogens with zero attached hydrogens (tertiary/aromatic N) is 1. The van der Waals surface area contributed by atoms with Crippen molar-refractivity contribution in [1.29, 1.82) is 0 Å². The fourth-order valence-electron chi connectivity index (χ4n) is 2.18. The number of carbonyl (C=O) groups is 1. The lowest BCUT2D eigenvalue weighted by atomic mass is 10.0. The van der Waals surface area contributed by atoms with E-state index in [9.17, 15) is 9.18 Å². The maximum Gasteiger partial charge on any atom is 0.305 e. The standard InChI is InChI=1S/C16H16FNO2/c1-18(14-9-7-13(17)8-10-14)15(11-16(19)20)12-5-3-2-4-6-12/h2-10,15H,11H2,1H3,(H,19,20). The van der Waals surface area contributed by atoms with Gasteiger partial charge in [-0.05, 0) is 29.8 Å². The number of benzene rings is 2. The molecule has 2 aromatic rings. The first-order valence-corrected chi connectivity index (χ1v) is 6.33. The van der Waals surface area contributed by atoms with E-state index in [0.29, 0.717) is 0 Å². The summed E-state index contributed by atoms with van der Waals surface area (Å²) in [5.74, 6) is -1.18. The fourth-order valence-corrected chi connectivity index (χ4v) is 2.18. The molecule has 0 radical (unpaired) electrons. The number of hydrogen-bond donors (Lipinski definition) is 1. The van der Waals surface area contributed by atoms with Crippen LogP contribution in [-0.4, -0.2) is 18.1 Å². The number of aliphatic carboxylic acids is 1. The van der Waals surface area contributed by atoms with Crippen LogP contribution in [0.4, 0.5) is 10.1 Å². The summed E-state index contributed by atoms with van der Waals surface area (Å²) in [6, 6.07) is 15.2. The van der Waals surface area contributed by atoms with Crippen LogP contribution in [0.2, 0.25) is 0 Å². The lowest BCUT2D eigenvalue weighted by Crippen LogP contribution is -2.26. The second kappa shape index (κ2) is 6.19. The van der Waals surface area contributed by atoms with Crippen molar-refractivity contribution in [1.82, 2.24) is 0 Å². The predicted molar refractivity (Wildman–Crippen MR) is 76.2 cm³/mol. The molecule has 1 atom stereocenters. The molecule has 0 aliphatic rings. The third-order valence-electron chi connectivity index (χ3n) is 3.25. The quantitative estimate of drug-likeness (QED) is 0.906. The van der Waals surface area contributed by atoms with Crippen LogP contribution in [0, 0.1) is 5.82 Å². The summed E-state index contributed by atoms with van der Waals surface area (Å²) in [6.07, 6.45) is -0.0160. The van der Waals surface area contributed by atoms with Gasteiger partial charge in [-0.3, -0.25) is 4.79 Å². The highest BCUT2D eigenvalue weighted by Gasteiger charge is 2.20. The van der Waals surface area contributed by atoms with Crippen LogP contribution in [0.3, 0.4) is 0 Å². The van der Waals surface area contributed by atoms with Gasteiger partial charge in [0.05, 0.1) is 12.5 Å². The molecule has 0 bridgehead atoms. The lowest BCUT2D eigenvalue weighted by molar-refractivity contribution is -0.137. The van der Waals surface area contributed by atoms with Gasteiger partial charge in [0.2, 0.25) is 0 Å². The van der Waals surface area contributed by atoms with E-state index in [2.05, 4.69) is 0 Å². The molecule has 0 aromatic heterocycles. The van der Waals surface area contributed by atoms with Gasteiger partial charge in [-0.25, -0.2) is 4.39 Å². The average Bonchev–Trinajstić information content (AvgIpc) is 2.45. The monoisotopic (exact) mass is 273 g/mol. The minimum Gasteiger partial charge on any atom is -0.481 e. The van der Waals surface area contributed by atoms with E-state index in [0.717, 1.165) is 11.3 Å². The Hall–Kier alpha value is -2.36. The summed E-state index contributed by atoms with van der Waals surface area (Å²) in [5, 5.41) is 9.10.